The van der Waals surface area contributed by atoms with Gasteiger partial charge in [0.2, 0.25) is 10.0 Å². The second-order valence-corrected chi connectivity index (χ2v) is 8.89. The summed E-state index contributed by atoms with van der Waals surface area (Å²) in [5.74, 6) is 0.309. The SMILES string of the molecule is COc1ccc(Br)cc1S(=O)(=O)N[C@H](CN1CCOCC1)c1ccccc1. The van der Waals surface area contributed by atoms with Crippen molar-refractivity contribution >= 4 is 26.0 Å². The van der Waals surface area contributed by atoms with Crippen LogP contribution in [0, 0.1) is 0 Å². The van der Waals surface area contributed by atoms with Crippen LogP contribution in [0.4, 0.5) is 0 Å². The van der Waals surface area contributed by atoms with Gasteiger partial charge in [0.05, 0.1) is 26.4 Å². The van der Waals surface area contributed by atoms with Gasteiger partial charge < -0.3 is 9.47 Å². The number of hydrogen-bond donors (Lipinski definition) is 1. The number of benzene rings is 2. The van der Waals surface area contributed by atoms with Crippen LogP contribution in [0.1, 0.15) is 11.6 Å². The molecule has 0 aliphatic carbocycles. The lowest BCUT2D eigenvalue weighted by atomic mass is 10.1. The molecule has 27 heavy (non-hydrogen) atoms. The lowest BCUT2D eigenvalue weighted by Gasteiger charge is -2.31. The van der Waals surface area contributed by atoms with Crippen molar-refractivity contribution in [1.29, 1.82) is 0 Å². The van der Waals surface area contributed by atoms with Crippen LogP contribution in [0.2, 0.25) is 0 Å². The molecule has 8 heteroatoms. The summed E-state index contributed by atoms with van der Waals surface area (Å²) < 4.78 is 40.5. The maximum atomic E-state index is 13.1. The Bertz CT molecular complexity index is 855. The van der Waals surface area contributed by atoms with Crippen LogP contribution < -0.4 is 9.46 Å². The molecule has 0 unspecified atom stereocenters. The van der Waals surface area contributed by atoms with Gasteiger partial charge in [-0.05, 0) is 23.8 Å². The molecule has 0 aromatic heterocycles. The molecule has 3 rings (SSSR count). The molecule has 0 radical (unpaired) electrons. The second kappa shape index (κ2) is 9.16. The molecular formula is C19H23BrN2O4S. The summed E-state index contributed by atoms with van der Waals surface area (Å²) in [5.41, 5.74) is 0.918. The number of methoxy groups -OCH3 is 1. The van der Waals surface area contributed by atoms with Crippen molar-refractivity contribution in [2.24, 2.45) is 0 Å². The third-order valence-corrected chi connectivity index (χ3v) is 6.45. The van der Waals surface area contributed by atoms with Crippen molar-refractivity contribution in [1.82, 2.24) is 9.62 Å². The highest BCUT2D eigenvalue weighted by molar-refractivity contribution is 9.10. The van der Waals surface area contributed by atoms with Crippen molar-refractivity contribution in [3.63, 3.8) is 0 Å². The van der Waals surface area contributed by atoms with Crippen molar-refractivity contribution in [2.45, 2.75) is 10.9 Å². The predicted octanol–water partition coefficient (Wildman–Crippen LogP) is 2.81. The van der Waals surface area contributed by atoms with E-state index >= 15 is 0 Å². The van der Waals surface area contributed by atoms with Crippen LogP contribution in [0.25, 0.3) is 0 Å². The molecular weight excluding hydrogens is 432 g/mol. The Morgan fingerprint density at radius 1 is 1.19 bits per heavy atom. The molecule has 6 nitrogen and oxygen atoms in total. The van der Waals surface area contributed by atoms with Gasteiger partial charge >= 0.3 is 0 Å². The highest BCUT2D eigenvalue weighted by atomic mass is 79.9. The lowest BCUT2D eigenvalue weighted by Crippen LogP contribution is -2.43. The lowest BCUT2D eigenvalue weighted by molar-refractivity contribution is 0.0345. The number of ether oxygens (including phenoxy) is 2. The Kier molecular flexibility index (Phi) is 6.88. The number of morpholine rings is 1. The Morgan fingerprint density at radius 2 is 1.89 bits per heavy atom. The zero-order valence-electron chi connectivity index (χ0n) is 15.1. The van der Waals surface area contributed by atoms with E-state index in [1.165, 1.54) is 7.11 Å². The van der Waals surface area contributed by atoms with E-state index in [2.05, 4.69) is 25.6 Å². The average molecular weight is 455 g/mol. The van der Waals surface area contributed by atoms with Crippen LogP contribution in [0.15, 0.2) is 57.9 Å². The smallest absolute Gasteiger partial charge is 0.244 e. The molecule has 1 heterocycles. The monoisotopic (exact) mass is 454 g/mol. The van der Waals surface area contributed by atoms with Gasteiger partial charge in [0.1, 0.15) is 10.6 Å². The topological polar surface area (TPSA) is 67.9 Å². The van der Waals surface area contributed by atoms with Gasteiger partial charge in [-0.25, -0.2) is 13.1 Å². The highest BCUT2D eigenvalue weighted by Gasteiger charge is 2.27. The summed E-state index contributed by atoms with van der Waals surface area (Å²) in [6.07, 6.45) is 0. The van der Waals surface area contributed by atoms with E-state index in [1.807, 2.05) is 30.3 Å². The Labute approximate surface area is 168 Å². The molecule has 0 saturated carbocycles. The minimum absolute atomic E-state index is 0.113. The first-order chi connectivity index (χ1) is 13.0. The molecule has 2 aromatic rings. The van der Waals surface area contributed by atoms with Gasteiger partial charge in [0.25, 0.3) is 0 Å². The van der Waals surface area contributed by atoms with Crippen LogP contribution in [0.3, 0.4) is 0 Å². The van der Waals surface area contributed by atoms with E-state index < -0.39 is 10.0 Å². The van der Waals surface area contributed by atoms with Gasteiger partial charge in [-0.3, -0.25) is 4.90 Å². The van der Waals surface area contributed by atoms with Crippen molar-refractivity contribution < 1.29 is 17.9 Å². The molecule has 146 valence electrons. The van der Waals surface area contributed by atoms with Gasteiger partial charge in [-0.2, -0.15) is 0 Å². The minimum Gasteiger partial charge on any atom is -0.495 e. The van der Waals surface area contributed by atoms with Gasteiger partial charge in [-0.1, -0.05) is 46.3 Å². The number of halogens is 1. The quantitative estimate of drug-likeness (QED) is 0.696. The fourth-order valence-corrected chi connectivity index (χ4v) is 4.97. The number of hydrogen-bond acceptors (Lipinski definition) is 5. The van der Waals surface area contributed by atoms with E-state index in [1.54, 1.807) is 18.2 Å². The van der Waals surface area contributed by atoms with Crippen LogP contribution in [0.5, 0.6) is 5.75 Å². The summed E-state index contributed by atoms with van der Waals surface area (Å²) in [7, 11) is -2.32. The Morgan fingerprint density at radius 3 is 2.56 bits per heavy atom. The van der Waals surface area contributed by atoms with Crippen molar-refractivity contribution in [2.75, 3.05) is 40.0 Å². The molecule has 1 aliphatic heterocycles. The minimum atomic E-state index is -3.79. The van der Waals surface area contributed by atoms with E-state index in [-0.39, 0.29) is 10.9 Å². The van der Waals surface area contributed by atoms with Crippen molar-refractivity contribution in [3.8, 4) is 5.75 Å². The van der Waals surface area contributed by atoms with Crippen LogP contribution >= 0.6 is 15.9 Å². The summed E-state index contributed by atoms with van der Waals surface area (Å²) in [6.45, 7) is 3.46. The first kappa shape index (κ1) is 20.3. The molecule has 1 saturated heterocycles. The number of rotatable bonds is 7. The molecule has 0 spiro atoms. The number of nitrogens with zero attached hydrogens (tertiary/aromatic N) is 1. The molecule has 0 bridgehead atoms. The van der Waals surface area contributed by atoms with Gasteiger partial charge in [0, 0.05) is 24.1 Å². The zero-order valence-corrected chi connectivity index (χ0v) is 17.5. The summed E-state index contributed by atoms with van der Waals surface area (Å²) in [6, 6.07) is 14.2. The summed E-state index contributed by atoms with van der Waals surface area (Å²) >= 11 is 3.34. The molecule has 1 atom stereocenters. The van der Waals surface area contributed by atoms with E-state index in [9.17, 15) is 8.42 Å². The fourth-order valence-electron chi connectivity index (χ4n) is 3.05. The highest BCUT2D eigenvalue weighted by Crippen LogP contribution is 2.29. The molecule has 1 N–H and O–H groups in total. The standard InChI is InChI=1S/C19H23BrN2O4S/c1-25-18-8-7-16(20)13-19(18)27(23,24)21-17(15-5-3-2-4-6-15)14-22-9-11-26-12-10-22/h2-8,13,17,21H,9-12,14H2,1H3/t17-/m1/s1. The van der Waals surface area contributed by atoms with Gasteiger partial charge in [0.15, 0.2) is 0 Å². The number of nitrogens with one attached hydrogen (secondary N) is 1. The Hall–Kier alpha value is -1.45. The van der Waals surface area contributed by atoms with Crippen LogP contribution in [-0.2, 0) is 14.8 Å². The third kappa shape index (κ3) is 5.30. The maximum Gasteiger partial charge on any atom is 0.244 e. The summed E-state index contributed by atoms with van der Waals surface area (Å²) in [4.78, 5) is 2.32. The van der Waals surface area contributed by atoms with Crippen molar-refractivity contribution in [3.05, 3.63) is 58.6 Å². The maximum absolute atomic E-state index is 13.1. The molecule has 1 fully saturated rings. The Balaban J connectivity index is 1.89. The van der Waals surface area contributed by atoms with Gasteiger partial charge in [-0.15, -0.1) is 0 Å². The van der Waals surface area contributed by atoms with E-state index in [0.717, 1.165) is 18.7 Å². The average Bonchev–Trinajstić information content (AvgIpc) is 2.69. The molecule has 1 aliphatic rings. The first-order valence-electron chi connectivity index (χ1n) is 8.70. The first-order valence-corrected chi connectivity index (χ1v) is 11.0. The second-order valence-electron chi connectivity index (χ2n) is 6.29. The fraction of sp³-hybridized carbons (Fsp3) is 0.368. The molecule has 0 amide bonds. The van der Waals surface area contributed by atoms with Crippen LogP contribution in [-0.4, -0.2) is 53.3 Å². The van der Waals surface area contributed by atoms with E-state index in [0.29, 0.717) is 30.0 Å². The third-order valence-electron chi connectivity index (χ3n) is 4.46. The predicted molar refractivity (Wildman–Crippen MR) is 107 cm³/mol. The zero-order chi connectivity index (χ0) is 19.3. The summed E-state index contributed by atoms with van der Waals surface area (Å²) in [5, 5.41) is 0. The van der Waals surface area contributed by atoms with E-state index in [4.69, 9.17) is 9.47 Å². The normalized spacial score (nSPS) is 16.8. The largest absolute Gasteiger partial charge is 0.495 e. The number of sulfonamides is 1. The molecule has 2 aromatic carbocycles.